The lowest BCUT2D eigenvalue weighted by atomic mass is 10.2. The van der Waals surface area contributed by atoms with Gasteiger partial charge in [0.05, 0.1) is 12.7 Å². The summed E-state index contributed by atoms with van der Waals surface area (Å²) < 4.78 is 4.77. The quantitative estimate of drug-likeness (QED) is 0.823. The molecule has 0 bridgehead atoms. The Morgan fingerprint density at radius 3 is 2.55 bits per heavy atom. The fraction of sp³-hybridized carbons (Fsp3) is 0.250. The molecule has 22 heavy (non-hydrogen) atoms. The monoisotopic (exact) mass is 337 g/mol. The number of aryl methyl sites for hydroxylation is 1. The third-order valence-electron chi connectivity index (χ3n) is 3.02. The number of amides is 1. The first-order valence-corrected chi connectivity index (χ1v) is 8.02. The van der Waals surface area contributed by atoms with Gasteiger partial charge >= 0.3 is 5.97 Å². The summed E-state index contributed by atoms with van der Waals surface area (Å²) in [7, 11) is 1.32. The van der Waals surface area contributed by atoms with Gasteiger partial charge in [-0.05, 0) is 36.8 Å². The minimum Gasteiger partial charge on any atom is -0.465 e. The van der Waals surface area contributed by atoms with Crippen LogP contribution in [0.5, 0.6) is 0 Å². The lowest BCUT2D eigenvalue weighted by Gasteiger charge is -2.05. The predicted molar refractivity (Wildman–Crippen MR) is 89.1 cm³/mol. The molecule has 1 aromatic heterocycles. The minimum atomic E-state index is -0.454. The fourth-order valence-electron chi connectivity index (χ4n) is 1.94. The Morgan fingerprint density at radius 2 is 1.95 bits per heavy atom. The van der Waals surface area contributed by atoms with Crippen molar-refractivity contribution in [2.24, 2.45) is 0 Å². The van der Waals surface area contributed by atoms with Gasteiger partial charge in [0.15, 0.2) is 0 Å². The molecule has 0 radical (unpaired) electrons. The number of nitrogens with one attached hydrogen (secondary N) is 1. The van der Waals surface area contributed by atoms with Crippen LogP contribution < -0.4 is 5.32 Å². The van der Waals surface area contributed by atoms with Gasteiger partial charge in [-0.1, -0.05) is 24.9 Å². The summed E-state index contributed by atoms with van der Waals surface area (Å²) in [5.41, 5.74) is 0.865. The van der Waals surface area contributed by atoms with E-state index in [1.54, 1.807) is 30.3 Å². The van der Waals surface area contributed by atoms with Gasteiger partial charge in [-0.3, -0.25) is 4.79 Å². The van der Waals surface area contributed by atoms with Crippen LogP contribution in [-0.4, -0.2) is 19.0 Å². The van der Waals surface area contributed by atoms with Gasteiger partial charge in [-0.25, -0.2) is 4.79 Å². The second-order valence-electron chi connectivity index (χ2n) is 4.66. The van der Waals surface area contributed by atoms with E-state index in [1.807, 2.05) is 0 Å². The molecular formula is C16H16ClNO3S. The third kappa shape index (κ3) is 3.87. The van der Waals surface area contributed by atoms with Crippen LogP contribution in [0, 0.1) is 0 Å². The maximum atomic E-state index is 12.3. The normalized spacial score (nSPS) is 10.3. The van der Waals surface area contributed by atoms with Gasteiger partial charge in [-0.15, -0.1) is 11.3 Å². The average Bonchev–Trinajstić information content (AvgIpc) is 2.90. The number of thiophene rings is 1. The van der Waals surface area contributed by atoms with E-state index in [1.165, 1.54) is 18.4 Å². The summed E-state index contributed by atoms with van der Waals surface area (Å²) in [5, 5.41) is 3.85. The number of anilines is 1. The van der Waals surface area contributed by atoms with Gasteiger partial charge in [0, 0.05) is 15.5 Å². The van der Waals surface area contributed by atoms with Crippen LogP contribution in [0.1, 0.15) is 38.9 Å². The number of carbonyl (C=O) groups excluding carboxylic acids is 2. The lowest BCUT2D eigenvalue weighted by molar-refractivity contribution is 0.0602. The molecule has 0 atom stereocenters. The SMILES string of the molecule is CCCc1cc(C(=O)OC)c(NC(=O)c2ccc(Cl)cc2)s1. The number of esters is 1. The predicted octanol–water partition coefficient (Wildman–Crippen LogP) is 4.39. The van der Waals surface area contributed by atoms with Crippen LogP contribution in [0.4, 0.5) is 5.00 Å². The van der Waals surface area contributed by atoms with E-state index >= 15 is 0 Å². The van der Waals surface area contributed by atoms with Crippen LogP contribution in [0.3, 0.4) is 0 Å². The number of halogens is 1. The van der Waals surface area contributed by atoms with Gasteiger partial charge in [0.25, 0.3) is 5.91 Å². The highest BCUT2D eigenvalue weighted by molar-refractivity contribution is 7.16. The molecule has 2 aromatic rings. The molecule has 0 aliphatic heterocycles. The van der Waals surface area contributed by atoms with Crippen LogP contribution in [0.2, 0.25) is 5.02 Å². The number of hydrogen-bond acceptors (Lipinski definition) is 4. The Balaban J connectivity index is 2.25. The van der Waals surface area contributed by atoms with E-state index in [4.69, 9.17) is 16.3 Å². The van der Waals surface area contributed by atoms with Crippen LogP contribution in [-0.2, 0) is 11.2 Å². The third-order valence-corrected chi connectivity index (χ3v) is 4.38. The minimum absolute atomic E-state index is 0.285. The molecule has 2 rings (SSSR count). The molecule has 0 spiro atoms. The van der Waals surface area contributed by atoms with Crippen LogP contribution >= 0.6 is 22.9 Å². The molecule has 4 nitrogen and oxygen atoms in total. The van der Waals surface area contributed by atoms with Gasteiger partial charge < -0.3 is 10.1 Å². The molecule has 116 valence electrons. The Morgan fingerprint density at radius 1 is 1.27 bits per heavy atom. The van der Waals surface area contributed by atoms with E-state index in [2.05, 4.69) is 12.2 Å². The molecule has 1 heterocycles. The van der Waals surface area contributed by atoms with Crippen molar-refractivity contribution < 1.29 is 14.3 Å². The molecule has 1 N–H and O–H groups in total. The first kappa shape index (κ1) is 16.5. The summed E-state index contributed by atoms with van der Waals surface area (Å²) in [6.45, 7) is 2.06. The van der Waals surface area contributed by atoms with Crippen LogP contribution in [0.25, 0.3) is 0 Å². The molecule has 0 saturated heterocycles. The first-order valence-electron chi connectivity index (χ1n) is 6.83. The van der Waals surface area contributed by atoms with E-state index in [0.29, 0.717) is 21.2 Å². The van der Waals surface area contributed by atoms with Crippen LogP contribution in [0.15, 0.2) is 30.3 Å². The second-order valence-corrected chi connectivity index (χ2v) is 6.23. The summed E-state index contributed by atoms with van der Waals surface area (Å²) >= 11 is 7.20. The average molecular weight is 338 g/mol. The van der Waals surface area contributed by atoms with E-state index in [9.17, 15) is 9.59 Å². The summed E-state index contributed by atoms with van der Waals surface area (Å²) in [5.74, 6) is -0.739. The van der Waals surface area contributed by atoms with Gasteiger partial charge in [-0.2, -0.15) is 0 Å². The first-order chi connectivity index (χ1) is 10.5. The Kier molecular flexibility index (Phi) is 5.57. The van der Waals surface area contributed by atoms with Gasteiger partial charge in [0.2, 0.25) is 0 Å². The number of carbonyl (C=O) groups is 2. The Hall–Kier alpha value is -1.85. The molecule has 0 aliphatic carbocycles. The fourth-order valence-corrected chi connectivity index (χ4v) is 3.21. The van der Waals surface area contributed by atoms with Crippen molar-refractivity contribution in [3.63, 3.8) is 0 Å². The Bertz CT molecular complexity index is 679. The Labute approximate surface area is 138 Å². The molecular weight excluding hydrogens is 322 g/mol. The van der Waals surface area contributed by atoms with E-state index in [-0.39, 0.29) is 5.91 Å². The number of benzene rings is 1. The highest BCUT2D eigenvalue weighted by Gasteiger charge is 2.18. The van der Waals surface area contributed by atoms with E-state index in [0.717, 1.165) is 17.7 Å². The molecule has 0 fully saturated rings. The summed E-state index contributed by atoms with van der Waals surface area (Å²) in [6, 6.07) is 8.34. The van der Waals surface area contributed by atoms with Crippen molar-refractivity contribution in [1.29, 1.82) is 0 Å². The smallest absolute Gasteiger partial charge is 0.340 e. The maximum Gasteiger partial charge on any atom is 0.340 e. The van der Waals surface area contributed by atoms with E-state index < -0.39 is 5.97 Å². The zero-order valence-electron chi connectivity index (χ0n) is 12.3. The van der Waals surface area contributed by atoms with Crippen molar-refractivity contribution in [3.05, 3.63) is 51.4 Å². The van der Waals surface area contributed by atoms with Crippen molar-refractivity contribution in [2.45, 2.75) is 19.8 Å². The molecule has 0 saturated carbocycles. The molecule has 0 unspecified atom stereocenters. The number of rotatable bonds is 5. The topological polar surface area (TPSA) is 55.4 Å². The second kappa shape index (κ2) is 7.42. The number of methoxy groups -OCH3 is 1. The number of hydrogen-bond donors (Lipinski definition) is 1. The lowest BCUT2D eigenvalue weighted by Crippen LogP contribution is -2.13. The van der Waals surface area contributed by atoms with Crippen molar-refractivity contribution in [1.82, 2.24) is 0 Å². The van der Waals surface area contributed by atoms with Crippen molar-refractivity contribution >= 4 is 39.8 Å². The van der Waals surface area contributed by atoms with Crippen molar-refractivity contribution in [2.75, 3.05) is 12.4 Å². The zero-order chi connectivity index (χ0) is 16.1. The molecule has 1 amide bonds. The zero-order valence-corrected chi connectivity index (χ0v) is 13.9. The van der Waals surface area contributed by atoms with Gasteiger partial charge in [0.1, 0.15) is 5.00 Å². The van der Waals surface area contributed by atoms with Crippen molar-refractivity contribution in [3.8, 4) is 0 Å². The summed E-state index contributed by atoms with van der Waals surface area (Å²) in [6.07, 6.45) is 1.82. The molecule has 0 aliphatic rings. The number of ether oxygens (including phenoxy) is 1. The highest BCUT2D eigenvalue weighted by Crippen LogP contribution is 2.30. The largest absolute Gasteiger partial charge is 0.465 e. The highest BCUT2D eigenvalue weighted by atomic mass is 35.5. The standard InChI is InChI=1S/C16H16ClNO3S/c1-3-4-12-9-13(16(20)21-2)15(22-12)18-14(19)10-5-7-11(17)8-6-10/h5-9H,3-4H2,1-2H3,(H,18,19). The molecule has 1 aromatic carbocycles. The maximum absolute atomic E-state index is 12.3. The summed E-state index contributed by atoms with van der Waals surface area (Å²) in [4.78, 5) is 25.1. The molecule has 6 heteroatoms.